The Morgan fingerprint density at radius 3 is 2.50 bits per heavy atom. The molecule has 0 spiro atoms. The van der Waals surface area contributed by atoms with Gasteiger partial charge in [0.2, 0.25) is 5.78 Å². The van der Waals surface area contributed by atoms with Crippen LogP contribution >= 0.6 is 0 Å². The van der Waals surface area contributed by atoms with E-state index in [0.717, 1.165) is 33.4 Å². The summed E-state index contributed by atoms with van der Waals surface area (Å²) in [6.45, 7) is 4.07. The first-order valence-electron chi connectivity index (χ1n) is 8.48. The highest BCUT2D eigenvalue weighted by atomic mass is 16.1. The molecular formula is C21H16N4O. The molecule has 5 aromatic rings. The first-order chi connectivity index (χ1) is 12.6. The van der Waals surface area contributed by atoms with Gasteiger partial charge in [-0.2, -0.15) is 0 Å². The molecule has 26 heavy (non-hydrogen) atoms. The van der Waals surface area contributed by atoms with Gasteiger partial charge in [-0.05, 0) is 55.3 Å². The zero-order valence-corrected chi connectivity index (χ0v) is 14.5. The van der Waals surface area contributed by atoms with Crippen LogP contribution in [0, 0.1) is 13.8 Å². The SMILES string of the molecule is Cc1cc(C)cc(-n2ccc3c(cnc4nc5ccccc5n43)c2=O)c1. The normalized spacial score (nSPS) is 11.6. The number of para-hydroxylation sites is 2. The summed E-state index contributed by atoms with van der Waals surface area (Å²) in [5, 5.41) is 0.572. The Labute approximate surface area is 149 Å². The number of aryl methyl sites for hydroxylation is 2. The lowest BCUT2D eigenvalue weighted by Crippen LogP contribution is -2.19. The number of benzene rings is 2. The fourth-order valence-electron chi connectivity index (χ4n) is 3.61. The van der Waals surface area contributed by atoms with Gasteiger partial charge in [0.25, 0.3) is 5.56 Å². The minimum absolute atomic E-state index is 0.0836. The van der Waals surface area contributed by atoms with Crippen molar-refractivity contribution in [2.75, 3.05) is 0 Å². The molecule has 0 N–H and O–H groups in total. The summed E-state index contributed by atoms with van der Waals surface area (Å²) in [7, 11) is 0. The van der Waals surface area contributed by atoms with Gasteiger partial charge in [0, 0.05) is 18.1 Å². The predicted octanol–water partition coefficient (Wildman–Crippen LogP) is 3.80. The maximum Gasteiger partial charge on any atom is 0.266 e. The van der Waals surface area contributed by atoms with Crippen LogP contribution < -0.4 is 5.56 Å². The van der Waals surface area contributed by atoms with Gasteiger partial charge in [-0.3, -0.25) is 13.8 Å². The number of imidazole rings is 1. The molecule has 0 fully saturated rings. The Balaban J connectivity index is 1.88. The molecule has 0 aliphatic heterocycles. The van der Waals surface area contributed by atoms with Crippen LogP contribution in [0.1, 0.15) is 11.1 Å². The van der Waals surface area contributed by atoms with E-state index in [9.17, 15) is 4.79 Å². The molecule has 0 bridgehead atoms. The molecule has 0 atom stereocenters. The van der Waals surface area contributed by atoms with Crippen molar-refractivity contribution >= 4 is 27.7 Å². The van der Waals surface area contributed by atoms with Gasteiger partial charge >= 0.3 is 0 Å². The van der Waals surface area contributed by atoms with E-state index in [4.69, 9.17) is 0 Å². The summed E-state index contributed by atoms with van der Waals surface area (Å²) >= 11 is 0. The van der Waals surface area contributed by atoms with Gasteiger partial charge in [-0.15, -0.1) is 0 Å². The van der Waals surface area contributed by atoms with Crippen LogP contribution in [0.2, 0.25) is 0 Å². The number of hydrogen-bond acceptors (Lipinski definition) is 3. The van der Waals surface area contributed by atoms with E-state index in [2.05, 4.69) is 16.0 Å². The molecule has 0 aliphatic rings. The molecule has 0 saturated carbocycles. The topological polar surface area (TPSA) is 52.2 Å². The first kappa shape index (κ1) is 14.8. The summed E-state index contributed by atoms with van der Waals surface area (Å²) in [6.07, 6.45) is 3.45. The van der Waals surface area contributed by atoms with Gasteiger partial charge in [-0.25, -0.2) is 9.97 Å². The molecule has 0 aliphatic carbocycles. The van der Waals surface area contributed by atoms with Gasteiger partial charge in [0.15, 0.2) is 0 Å². The van der Waals surface area contributed by atoms with Crippen molar-refractivity contribution in [3.8, 4) is 5.69 Å². The summed E-state index contributed by atoms with van der Waals surface area (Å²) < 4.78 is 3.62. The highest BCUT2D eigenvalue weighted by Crippen LogP contribution is 2.21. The number of aromatic nitrogens is 4. The Morgan fingerprint density at radius 1 is 0.923 bits per heavy atom. The Morgan fingerprint density at radius 2 is 1.69 bits per heavy atom. The summed E-state index contributed by atoms with van der Waals surface area (Å²) in [5.74, 6) is 0.599. The molecule has 5 rings (SSSR count). The lowest BCUT2D eigenvalue weighted by molar-refractivity contribution is 0.994. The molecule has 3 heterocycles. The van der Waals surface area contributed by atoms with Crippen LogP contribution in [0.4, 0.5) is 0 Å². The van der Waals surface area contributed by atoms with Crippen molar-refractivity contribution < 1.29 is 0 Å². The van der Waals surface area contributed by atoms with Crippen LogP contribution in [-0.4, -0.2) is 18.9 Å². The molecule has 0 saturated heterocycles. The van der Waals surface area contributed by atoms with Crippen LogP contribution in [0.15, 0.2) is 65.7 Å². The van der Waals surface area contributed by atoms with Crippen molar-refractivity contribution in [3.05, 3.63) is 82.4 Å². The maximum atomic E-state index is 13.1. The zero-order valence-electron chi connectivity index (χ0n) is 14.5. The van der Waals surface area contributed by atoms with Crippen molar-refractivity contribution in [3.63, 3.8) is 0 Å². The molecule has 5 heteroatoms. The van der Waals surface area contributed by atoms with Crippen molar-refractivity contribution in [1.29, 1.82) is 0 Å². The third kappa shape index (κ3) is 2.07. The van der Waals surface area contributed by atoms with Crippen molar-refractivity contribution in [1.82, 2.24) is 18.9 Å². The van der Waals surface area contributed by atoms with Crippen LogP contribution in [0.25, 0.3) is 33.4 Å². The molecule has 0 amide bonds. The highest BCUT2D eigenvalue weighted by Gasteiger charge is 2.12. The monoisotopic (exact) mass is 340 g/mol. The summed E-state index contributed by atoms with van der Waals surface area (Å²) in [5.41, 5.74) is 5.66. The van der Waals surface area contributed by atoms with E-state index < -0.39 is 0 Å². The average Bonchev–Trinajstić information content (AvgIpc) is 3.00. The second kappa shape index (κ2) is 5.26. The number of fused-ring (bicyclic) bond motifs is 5. The van der Waals surface area contributed by atoms with Crippen LogP contribution in [0.3, 0.4) is 0 Å². The van der Waals surface area contributed by atoms with E-state index in [1.807, 2.05) is 66.9 Å². The van der Waals surface area contributed by atoms with E-state index in [-0.39, 0.29) is 5.56 Å². The number of pyridine rings is 1. The third-order valence-electron chi connectivity index (χ3n) is 4.68. The Bertz CT molecular complexity index is 1360. The van der Waals surface area contributed by atoms with Gasteiger partial charge < -0.3 is 0 Å². The lowest BCUT2D eigenvalue weighted by atomic mass is 10.1. The summed E-state index contributed by atoms with van der Waals surface area (Å²) in [6, 6.07) is 15.9. The highest BCUT2D eigenvalue weighted by molar-refractivity contribution is 5.88. The molecule has 126 valence electrons. The largest absolute Gasteiger partial charge is 0.284 e. The number of rotatable bonds is 1. The molecule has 2 aromatic carbocycles. The van der Waals surface area contributed by atoms with Crippen LogP contribution in [-0.2, 0) is 0 Å². The third-order valence-corrected chi connectivity index (χ3v) is 4.68. The fraction of sp³-hybridized carbons (Fsp3) is 0.0952. The van der Waals surface area contributed by atoms with Gasteiger partial charge in [0.1, 0.15) is 0 Å². The molecule has 0 radical (unpaired) electrons. The smallest absolute Gasteiger partial charge is 0.266 e. The van der Waals surface area contributed by atoms with E-state index in [0.29, 0.717) is 11.2 Å². The van der Waals surface area contributed by atoms with Crippen LogP contribution in [0.5, 0.6) is 0 Å². The van der Waals surface area contributed by atoms with E-state index >= 15 is 0 Å². The quantitative estimate of drug-likeness (QED) is 0.466. The second-order valence-corrected chi connectivity index (χ2v) is 6.63. The average molecular weight is 340 g/mol. The van der Waals surface area contributed by atoms with E-state index in [1.165, 1.54) is 0 Å². The minimum atomic E-state index is -0.0836. The maximum absolute atomic E-state index is 13.1. The van der Waals surface area contributed by atoms with Gasteiger partial charge in [0.05, 0.1) is 21.9 Å². The second-order valence-electron chi connectivity index (χ2n) is 6.63. The number of hydrogen-bond donors (Lipinski definition) is 0. The summed E-state index contributed by atoms with van der Waals surface area (Å²) in [4.78, 5) is 22.1. The first-order valence-corrected chi connectivity index (χ1v) is 8.48. The van der Waals surface area contributed by atoms with Crippen molar-refractivity contribution in [2.45, 2.75) is 13.8 Å². The van der Waals surface area contributed by atoms with Gasteiger partial charge in [-0.1, -0.05) is 18.2 Å². The molecular weight excluding hydrogens is 324 g/mol. The standard InChI is InChI=1S/C21H16N4O/c1-13-9-14(2)11-15(10-13)24-8-7-18-16(20(24)26)12-22-21-23-17-5-3-4-6-19(17)25(18)21/h3-12H,1-2H3. The fourth-order valence-corrected chi connectivity index (χ4v) is 3.61. The molecule has 0 unspecified atom stereocenters. The molecule has 3 aromatic heterocycles. The number of nitrogens with zero attached hydrogens (tertiary/aromatic N) is 4. The lowest BCUT2D eigenvalue weighted by Gasteiger charge is -2.10. The Hall–Kier alpha value is -3.47. The van der Waals surface area contributed by atoms with E-state index in [1.54, 1.807) is 10.8 Å². The van der Waals surface area contributed by atoms with Crippen molar-refractivity contribution in [2.24, 2.45) is 0 Å². The Kier molecular flexibility index (Phi) is 3.00. The molecule has 5 nitrogen and oxygen atoms in total. The zero-order chi connectivity index (χ0) is 17.8. The predicted molar refractivity (Wildman–Crippen MR) is 103 cm³/mol. The minimum Gasteiger partial charge on any atom is -0.284 e.